The molecule has 2 rings (SSSR count). The van der Waals surface area contributed by atoms with Crippen LogP contribution in [-0.2, 0) is 11.3 Å². The van der Waals surface area contributed by atoms with Gasteiger partial charge in [0.15, 0.2) is 0 Å². The molecule has 1 unspecified atom stereocenters. The second kappa shape index (κ2) is 6.99. The van der Waals surface area contributed by atoms with Gasteiger partial charge in [-0.2, -0.15) is 0 Å². The number of hydrogen-bond acceptors (Lipinski definition) is 4. The van der Waals surface area contributed by atoms with Crippen molar-refractivity contribution in [3.8, 4) is 11.5 Å². The minimum Gasteiger partial charge on any atom is -0.508 e. The fourth-order valence-corrected chi connectivity index (χ4v) is 2.20. The van der Waals surface area contributed by atoms with Crippen LogP contribution in [0.15, 0.2) is 42.5 Å². The Morgan fingerprint density at radius 1 is 1.14 bits per heavy atom. The van der Waals surface area contributed by atoms with Crippen molar-refractivity contribution < 1.29 is 14.9 Å². The van der Waals surface area contributed by atoms with Gasteiger partial charge in [0.25, 0.3) is 0 Å². The predicted octanol–water partition coefficient (Wildman–Crippen LogP) is 3.81. The van der Waals surface area contributed by atoms with Gasteiger partial charge in [-0.05, 0) is 38.1 Å². The Morgan fingerprint density at radius 3 is 2.67 bits per heavy atom. The fraction of sp³-hybridized carbons (Fsp3) is 0.294. The highest BCUT2D eigenvalue weighted by Crippen LogP contribution is 2.31. The summed E-state index contributed by atoms with van der Waals surface area (Å²) in [5.41, 5.74) is 2.67. The van der Waals surface area contributed by atoms with Crippen LogP contribution in [0.2, 0.25) is 0 Å². The number of rotatable bonds is 6. The maximum atomic E-state index is 9.92. The summed E-state index contributed by atoms with van der Waals surface area (Å²) in [4.78, 5) is 0. The zero-order valence-corrected chi connectivity index (χ0v) is 12.3. The van der Waals surface area contributed by atoms with Crippen molar-refractivity contribution >= 4 is 5.69 Å². The molecule has 1 atom stereocenters. The van der Waals surface area contributed by atoms with Gasteiger partial charge in [0.05, 0.1) is 12.6 Å². The first-order chi connectivity index (χ1) is 10.1. The van der Waals surface area contributed by atoms with Gasteiger partial charge in [-0.1, -0.05) is 18.2 Å². The van der Waals surface area contributed by atoms with Crippen LogP contribution >= 0.6 is 0 Å². The smallest absolute Gasteiger partial charge is 0.121 e. The molecule has 0 aliphatic rings. The highest BCUT2D eigenvalue weighted by Gasteiger charge is 2.12. The summed E-state index contributed by atoms with van der Waals surface area (Å²) in [5, 5.41) is 22.8. The van der Waals surface area contributed by atoms with Crippen LogP contribution in [0.1, 0.15) is 31.0 Å². The van der Waals surface area contributed by atoms with Crippen LogP contribution in [0.4, 0.5) is 5.69 Å². The summed E-state index contributed by atoms with van der Waals surface area (Å²) >= 11 is 0. The minimum atomic E-state index is -0.139. The highest BCUT2D eigenvalue weighted by atomic mass is 16.5. The lowest BCUT2D eigenvalue weighted by Crippen LogP contribution is -2.09. The molecule has 2 aromatic carbocycles. The third-order valence-electron chi connectivity index (χ3n) is 3.33. The van der Waals surface area contributed by atoms with E-state index in [0.717, 1.165) is 11.3 Å². The van der Waals surface area contributed by atoms with E-state index in [9.17, 15) is 10.2 Å². The molecule has 0 aliphatic carbocycles. The molecule has 0 fully saturated rings. The molecule has 0 spiro atoms. The average Bonchev–Trinajstić information content (AvgIpc) is 2.48. The third-order valence-corrected chi connectivity index (χ3v) is 3.33. The summed E-state index contributed by atoms with van der Waals surface area (Å²) < 4.78 is 5.46. The Balaban J connectivity index is 2.19. The predicted molar refractivity (Wildman–Crippen MR) is 83.6 cm³/mol. The number of aromatic hydroxyl groups is 2. The number of phenols is 2. The SMILES string of the molecule is CCOCc1ccccc1NC(C)c1cc(O)ccc1O. The van der Waals surface area contributed by atoms with Gasteiger partial charge in [-0.15, -0.1) is 0 Å². The Labute approximate surface area is 125 Å². The molecule has 0 saturated carbocycles. The molecule has 0 heterocycles. The second-order valence-corrected chi connectivity index (χ2v) is 4.90. The number of ether oxygens (including phenoxy) is 1. The first-order valence-electron chi connectivity index (χ1n) is 7.06. The zero-order chi connectivity index (χ0) is 15.2. The van der Waals surface area contributed by atoms with Crippen LogP contribution in [0.5, 0.6) is 11.5 Å². The number of phenolic OH excluding ortho intramolecular Hbond substituents is 2. The lowest BCUT2D eigenvalue weighted by atomic mass is 10.1. The van der Waals surface area contributed by atoms with E-state index in [1.807, 2.05) is 38.1 Å². The molecule has 0 saturated heterocycles. The van der Waals surface area contributed by atoms with Gasteiger partial charge < -0.3 is 20.3 Å². The van der Waals surface area contributed by atoms with E-state index in [1.54, 1.807) is 6.07 Å². The number of benzene rings is 2. The van der Waals surface area contributed by atoms with Gasteiger partial charge >= 0.3 is 0 Å². The molecule has 0 radical (unpaired) electrons. The van der Waals surface area contributed by atoms with E-state index in [-0.39, 0.29) is 17.5 Å². The molecule has 112 valence electrons. The molecule has 4 nitrogen and oxygen atoms in total. The Kier molecular flexibility index (Phi) is 5.06. The van der Waals surface area contributed by atoms with Gasteiger partial charge in [-0.25, -0.2) is 0 Å². The van der Waals surface area contributed by atoms with Crippen LogP contribution in [0.3, 0.4) is 0 Å². The average molecular weight is 287 g/mol. The summed E-state index contributed by atoms with van der Waals surface area (Å²) in [7, 11) is 0. The van der Waals surface area contributed by atoms with Gasteiger partial charge in [-0.3, -0.25) is 0 Å². The lowest BCUT2D eigenvalue weighted by Gasteiger charge is -2.19. The molecule has 0 aliphatic heterocycles. The first kappa shape index (κ1) is 15.2. The van der Waals surface area contributed by atoms with Crippen molar-refractivity contribution in [1.82, 2.24) is 0 Å². The van der Waals surface area contributed by atoms with E-state index in [1.165, 1.54) is 12.1 Å². The number of hydrogen-bond donors (Lipinski definition) is 3. The van der Waals surface area contributed by atoms with E-state index >= 15 is 0 Å². The Bertz CT molecular complexity index is 598. The second-order valence-electron chi connectivity index (χ2n) is 4.90. The largest absolute Gasteiger partial charge is 0.508 e. The zero-order valence-electron chi connectivity index (χ0n) is 12.3. The van der Waals surface area contributed by atoms with Gasteiger partial charge in [0, 0.05) is 23.4 Å². The molecule has 0 bridgehead atoms. The van der Waals surface area contributed by atoms with Crippen LogP contribution in [0.25, 0.3) is 0 Å². The molecular weight excluding hydrogens is 266 g/mol. The standard InChI is InChI=1S/C17H21NO3/c1-3-21-11-13-6-4-5-7-16(13)18-12(2)15-10-14(19)8-9-17(15)20/h4-10,12,18-20H,3,11H2,1-2H3. The van der Waals surface area contributed by atoms with Gasteiger partial charge in [0.2, 0.25) is 0 Å². The summed E-state index contributed by atoms with van der Waals surface area (Å²) in [6, 6.07) is 12.3. The van der Waals surface area contributed by atoms with Crippen LogP contribution in [0, 0.1) is 0 Å². The summed E-state index contributed by atoms with van der Waals surface area (Å²) in [5.74, 6) is 0.300. The highest BCUT2D eigenvalue weighted by molar-refractivity contribution is 5.54. The fourth-order valence-electron chi connectivity index (χ4n) is 2.20. The molecule has 4 heteroatoms. The number of anilines is 1. The third kappa shape index (κ3) is 3.89. The Hall–Kier alpha value is -2.20. The maximum Gasteiger partial charge on any atom is 0.121 e. The van der Waals surface area contributed by atoms with E-state index in [0.29, 0.717) is 18.8 Å². The number of nitrogens with one attached hydrogen (secondary N) is 1. The normalized spacial score (nSPS) is 12.1. The summed E-state index contributed by atoms with van der Waals surface area (Å²) in [6.45, 7) is 5.10. The monoisotopic (exact) mass is 287 g/mol. The van der Waals surface area contributed by atoms with Gasteiger partial charge in [0.1, 0.15) is 11.5 Å². The molecule has 2 aromatic rings. The molecule has 3 N–H and O–H groups in total. The van der Waals surface area contributed by atoms with Crippen LogP contribution in [-0.4, -0.2) is 16.8 Å². The van der Waals surface area contributed by atoms with E-state index < -0.39 is 0 Å². The summed E-state index contributed by atoms with van der Waals surface area (Å²) in [6.07, 6.45) is 0. The van der Waals surface area contributed by atoms with Crippen molar-refractivity contribution in [2.75, 3.05) is 11.9 Å². The van der Waals surface area contributed by atoms with Crippen molar-refractivity contribution in [2.24, 2.45) is 0 Å². The van der Waals surface area contributed by atoms with Crippen molar-refractivity contribution in [3.63, 3.8) is 0 Å². The van der Waals surface area contributed by atoms with Crippen molar-refractivity contribution in [1.29, 1.82) is 0 Å². The van der Waals surface area contributed by atoms with Crippen LogP contribution < -0.4 is 5.32 Å². The molecule has 21 heavy (non-hydrogen) atoms. The molecular formula is C17H21NO3. The molecule has 0 aromatic heterocycles. The van der Waals surface area contributed by atoms with E-state index in [4.69, 9.17) is 4.74 Å². The number of para-hydroxylation sites is 1. The quantitative estimate of drug-likeness (QED) is 0.707. The maximum absolute atomic E-state index is 9.92. The van der Waals surface area contributed by atoms with Crippen molar-refractivity contribution in [3.05, 3.63) is 53.6 Å². The molecule has 0 amide bonds. The van der Waals surface area contributed by atoms with Crippen molar-refractivity contribution in [2.45, 2.75) is 26.5 Å². The minimum absolute atomic E-state index is 0.138. The van der Waals surface area contributed by atoms with E-state index in [2.05, 4.69) is 5.32 Å². The first-order valence-corrected chi connectivity index (χ1v) is 7.06. The lowest BCUT2D eigenvalue weighted by molar-refractivity contribution is 0.134. The topological polar surface area (TPSA) is 61.7 Å². The Morgan fingerprint density at radius 2 is 1.90 bits per heavy atom.